The molecule has 0 radical (unpaired) electrons. The number of urea groups is 1. The second kappa shape index (κ2) is 10.0. The largest absolute Gasteiger partial charge is 0.326 e. The van der Waals surface area contributed by atoms with Crippen molar-refractivity contribution in [2.24, 2.45) is 5.73 Å². The molecule has 3 aromatic carbocycles. The maximum atomic E-state index is 14.6. The zero-order chi connectivity index (χ0) is 23.4. The molecule has 3 amide bonds. The third kappa shape index (κ3) is 5.16. The van der Waals surface area contributed by atoms with E-state index in [4.69, 9.17) is 17.3 Å². The van der Waals surface area contributed by atoms with Crippen LogP contribution in [0.15, 0.2) is 66.7 Å². The van der Waals surface area contributed by atoms with Crippen molar-refractivity contribution < 1.29 is 14.0 Å². The number of hydrogen-bond acceptors (Lipinski definition) is 3. The molecule has 1 unspecified atom stereocenters. The van der Waals surface area contributed by atoms with Crippen LogP contribution >= 0.6 is 11.6 Å². The van der Waals surface area contributed by atoms with Crippen LogP contribution in [0.4, 0.5) is 20.6 Å². The minimum Gasteiger partial charge on any atom is -0.326 e. The molecule has 4 rings (SSSR count). The van der Waals surface area contributed by atoms with Gasteiger partial charge in [0.1, 0.15) is 11.9 Å². The normalized spacial score (nSPS) is 15.9. The molecule has 4 N–H and O–H groups in total. The number of anilines is 2. The van der Waals surface area contributed by atoms with E-state index >= 15 is 0 Å². The highest BCUT2D eigenvalue weighted by molar-refractivity contribution is 6.30. The highest BCUT2D eigenvalue weighted by atomic mass is 35.5. The predicted octanol–water partition coefficient (Wildman–Crippen LogP) is 4.92. The van der Waals surface area contributed by atoms with Gasteiger partial charge in [0.05, 0.1) is 0 Å². The van der Waals surface area contributed by atoms with Gasteiger partial charge in [-0.1, -0.05) is 41.9 Å². The first kappa shape index (κ1) is 22.8. The number of carbonyl (C=O) groups excluding carboxylic acids is 2. The molecule has 1 fully saturated rings. The fourth-order valence-corrected chi connectivity index (χ4v) is 4.03. The second-order valence-electron chi connectivity index (χ2n) is 7.82. The summed E-state index contributed by atoms with van der Waals surface area (Å²) < 4.78 is 14.6. The maximum Gasteiger partial charge on any atom is 0.319 e. The van der Waals surface area contributed by atoms with E-state index in [9.17, 15) is 14.0 Å². The Morgan fingerprint density at radius 2 is 1.82 bits per heavy atom. The van der Waals surface area contributed by atoms with Gasteiger partial charge in [-0.15, -0.1) is 0 Å². The van der Waals surface area contributed by atoms with Gasteiger partial charge in [-0.25, -0.2) is 9.18 Å². The Hall–Kier alpha value is -3.42. The van der Waals surface area contributed by atoms with E-state index in [-0.39, 0.29) is 18.3 Å². The third-order valence-electron chi connectivity index (χ3n) is 5.63. The molecule has 33 heavy (non-hydrogen) atoms. The molecule has 0 saturated carbocycles. The lowest BCUT2D eigenvalue weighted by atomic mass is 10.0. The monoisotopic (exact) mass is 466 g/mol. The molecular weight excluding hydrogens is 443 g/mol. The summed E-state index contributed by atoms with van der Waals surface area (Å²) in [5, 5.41) is 6.03. The maximum absolute atomic E-state index is 14.6. The number of halogens is 2. The Morgan fingerprint density at radius 3 is 2.52 bits per heavy atom. The zero-order valence-electron chi connectivity index (χ0n) is 17.9. The zero-order valence-corrected chi connectivity index (χ0v) is 18.6. The number of piperidine rings is 1. The first-order valence-corrected chi connectivity index (χ1v) is 11.1. The summed E-state index contributed by atoms with van der Waals surface area (Å²) in [5.74, 6) is -0.519. The van der Waals surface area contributed by atoms with Crippen LogP contribution in [0, 0.1) is 5.82 Å². The van der Waals surface area contributed by atoms with E-state index in [2.05, 4.69) is 10.6 Å². The number of hydrogen-bond donors (Lipinski definition) is 3. The summed E-state index contributed by atoms with van der Waals surface area (Å²) >= 11 is 5.86. The number of carbonyl (C=O) groups is 2. The van der Waals surface area contributed by atoms with Gasteiger partial charge < -0.3 is 21.3 Å². The van der Waals surface area contributed by atoms with Crippen LogP contribution in [0.25, 0.3) is 11.1 Å². The fourth-order valence-electron chi connectivity index (χ4n) is 3.91. The van der Waals surface area contributed by atoms with Gasteiger partial charge in [0, 0.05) is 40.6 Å². The summed E-state index contributed by atoms with van der Waals surface area (Å²) in [6.45, 7) is 0.673. The molecule has 1 aliphatic heterocycles. The van der Waals surface area contributed by atoms with Gasteiger partial charge in [0.25, 0.3) is 0 Å². The number of nitrogens with zero attached hydrogens (tertiary/aromatic N) is 1. The Balaban J connectivity index is 1.44. The third-order valence-corrected chi connectivity index (χ3v) is 5.89. The first-order chi connectivity index (χ1) is 16.0. The van der Waals surface area contributed by atoms with Crippen molar-refractivity contribution in [3.63, 3.8) is 0 Å². The lowest BCUT2D eigenvalue weighted by Crippen LogP contribution is -2.53. The van der Waals surface area contributed by atoms with Crippen LogP contribution in [-0.2, 0) is 11.3 Å². The summed E-state index contributed by atoms with van der Waals surface area (Å²) in [4.78, 5) is 27.1. The van der Waals surface area contributed by atoms with Crippen LogP contribution in [0.2, 0.25) is 5.02 Å². The minimum absolute atomic E-state index is 0.125. The predicted molar refractivity (Wildman–Crippen MR) is 129 cm³/mol. The van der Waals surface area contributed by atoms with E-state index in [1.54, 1.807) is 71.6 Å². The lowest BCUT2D eigenvalue weighted by molar-refractivity contribution is -0.121. The standard InChI is InChI=1S/C25H24ClFN4O2/c26-18-8-10-19(11-9-18)29-25(33)30-22-5-2-14-31(24(22)32)20-12-6-16(7-13-20)21-4-1-3-17(15-28)23(21)27/h1,3-4,6-13,22H,2,5,14-15,28H2,(H2,29,30,33). The van der Waals surface area contributed by atoms with Crippen molar-refractivity contribution in [3.8, 4) is 11.1 Å². The van der Waals surface area contributed by atoms with Crippen molar-refractivity contribution in [2.45, 2.75) is 25.4 Å². The summed E-state index contributed by atoms with van der Waals surface area (Å²) in [6.07, 6.45) is 1.30. The fraction of sp³-hybridized carbons (Fsp3) is 0.200. The molecular formula is C25H24ClFN4O2. The average Bonchev–Trinajstić information content (AvgIpc) is 2.82. The van der Waals surface area contributed by atoms with Crippen LogP contribution in [-0.4, -0.2) is 24.5 Å². The number of amides is 3. The molecule has 0 aliphatic carbocycles. The topological polar surface area (TPSA) is 87.5 Å². The average molecular weight is 467 g/mol. The van der Waals surface area contributed by atoms with Gasteiger partial charge in [-0.3, -0.25) is 4.79 Å². The molecule has 1 heterocycles. The molecule has 1 atom stereocenters. The molecule has 1 aliphatic rings. The summed E-state index contributed by atoms with van der Waals surface area (Å²) in [7, 11) is 0. The van der Waals surface area contributed by atoms with Gasteiger partial charge in [0.2, 0.25) is 5.91 Å². The SMILES string of the molecule is NCc1cccc(-c2ccc(N3CCCC(NC(=O)Nc4ccc(Cl)cc4)C3=O)cc2)c1F. The van der Waals surface area contributed by atoms with Crippen LogP contribution in [0.5, 0.6) is 0 Å². The Labute approximate surface area is 196 Å². The van der Waals surface area contributed by atoms with Crippen molar-refractivity contribution in [1.29, 1.82) is 0 Å². The number of nitrogens with two attached hydrogens (primary N) is 1. The van der Waals surface area contributed by atoms with E-state index < -0.39 is 12.1 Å². The first-order valence-electron chi connectivity index (χ1n) is 10.7. The summed E-state index contributed by atoms with van der Waals surface area (Å²) in [5.41, 5.74) is 8.51. The highest BCUT2D eigenvalue weighted by Gasteiger charge is 2.31. The van der Waals surface area contributed by atoms with Gasteiger partial charge in [-0.2, -0.15) is 0 Å². The Morgan fingerprint density at radius 1 is 1.09 bits per heavy atom. The number of rotatable bonds is 5. The van der Waals surface area contributed by atoms with Crippen LogP contribution < -0.4 is 21.3 Å². The number of nitrogens with one attached hydrogen (secondary N) is 2. The van der Waals surface area contributed by atoms with Crippen molar-refractivity contribution in [3.05, 3.63) is 83.1 Å². The van der Waals surface area contributed by atoms with E-state index in [1.165, 1.54) is 0 Å². The van der Waals surface area contributed by atoms with Crippen molar-refractivity contribution >= 4 is 34.9 Å². The molecule has 0 bridgehead atoms. The highest BCUT2D eigenvalue weighted by Crippen LogP contribution is 2.28. The van der Waals surface area contributed by atoms with Crippen molar-refractivity contribution in [1.82, 2.24) is 5.32 Å². The van der Waals surface area contributed by atoms with Crippen LogP contribution in [0.3, 0.4) is 0 Å². The molecule has 0 spiro atoms. The second-order valence-corrected chi connectivity index (χ2v) is 8.26. The molecule has 3 aromatic rings. The molecule has 1 saturated heterocycles. The van der Waals surface area contributed by atoms with Gasteiger partial charge >= 0.3 is 6.03 Å². The Kier molecular flexibility index (Phi) is 6.91. The number of benzene rings is 3. The Bertz CT molecular complexity index is 1150. The molecule has 6 nitrogen and oxygen atoms in total. The smallest absolute Gasteiger partial charge is 0.319 e. The van der Waals surface area contributed by atoms with E-state index in [0.29, 0.717) is 46.1 Å². The van der Waals surface area contributed by atoms with E-state index in [0.717, 1.165) is 6.42 Å². The van der Waals surface area contributed by atoms with Crippen molar-refractivity contribution in [2.75, 3.05) is 16.8 Å². The molecule has 0 aromatic heterocycles. The summed E-state index contributed by atoms with van der Waals surface area (Å²) in [6, 6.07) is 17.9. The molecule has 8 heteroatoms. The van der Waals surface area contributed by atoms with E-state index in [1.807, 2.05) is 0 Å². The quantitative estimate of drug-likeness (QED) is 0.498. The lowest BCUT2D eigenvalue weighted by Gasteiger charge is -2.32. The molecule has 170 valence electrons. The van der Waals surface area contributed by atoms with Gasteiger partial charge in [0.15, 0.2) is 0 Å². The van der Waals surface area contributed by atoms with Gasteiger partial charge in [-0.05, 0) is 54.8 Å². The van der Waals surface area contributed by atoms with Crippen LogP contribution in [0.1, 0.15) is 18.4 Å². The minimum atomic E-state index is -0.635.